The van der Waals surface area contributed by atoms with E-state index >= 15 is 0 Å². The number of benzene rings is 1. The number of ether oxygens (including phenoxy) is 1. The first kappa shape index (κ1) is 21.1. The van der Waals surface area contributed by atoms with Crippen LogP contribution in [0.15, 0.2) is 30.5 Å². The fourth-order valence-electron chi connectivity index (χ4n) is 4.61. The van der Waals surface area contributed by atoms with Crippen LogP contribution < -0.4 is 0 Å². The molecule has 0 bridgehead atoms. The molecule has 5 nitrogen and oxygen atoms in total. The third-order valence-corrected chi connectivity index (χ3v) is 6.02. The van der Waals surface area contributed by atoms with Crippen LogP contribution in [0.25, 0.3) is 10.9 Å². The smallest absolute Gasteiger partial charge is 0.379 e. The van der Waals surface area contributed by atoms with Gasteiger partial charge < -0.3 is 9.64 Å². The van der Waals surface area contributed by atoms with E-state index < -0.39 is 11.7 Å². The van der Waals surface area contributed by atoms with Crippen molar-refractivity contribution < 1.29 is 22.7 Å². The first-order chi connectivity index (χ1) is 14.3. The molecule has 8 heteroatoms. The van der Waals surface area contributed by atoms with Crippen LogP contribution in [-0.2, 0) is 15.7 Å². The van der Waals surface area contributed by atoms with Crippen molar-refractivity contribution in [1.29, 1.82) is 0 Å². The second-order valence-electron chi connectivity index (χ2n) is 8.32. The molecule has 1 aromatic carbocycles. The van der Waals surface area contributed by atoms with E-state index in [9.17, 15) is 18.0 Å². The Hall–Kier alpha value is -2.19. The van der Waals surface area contributed by atoms with Gasteiger partial charge in [-0.2, -0.15) is 13.2 Å². The number of fused-ring (bicyclic) bond motifs is 1. The lowest BCUT2D eigenvalue weighted by atomic mass is 9.83. The first-order valence-electron chi connectivity index (χ1n) is 10.4. The average molecular weight is 421 g/mol. The minimum absolute atomic E-state index is 0.0172. The predicted octanol–water partition coefficient (Wildman–Crippen LogP) is 3.54. The third-order valence-electron chi connectivity index (χ3n) is 6.02. The van der Waals surface area contributed by atoms with Crippen LogP contribution >= 0.6 is 0 Å². The molecule has 30 heavy (non-hydrogen) atoms. The number of hydrogen-bond donors (Lipinski definition) is 0. The maximum Gasteiger partial charge on any atom is 0.418 e. The van der Waals surface area contributed by atoms with E-state index in [1.165, 1.54) is 6.20 Å². The number of nitrogens with zero attached hydrogens (tertiary/aromatic N) is 3. The summed E-state index contributed by atoms with van der Waals surface area (Å²) < 4.78 is 45.7. The Kier molecular flexibility index (Phi) is 5.97. The van der Waals surface area contributed by atoms with E-state index in [2.05, 4.69) is 16.8 Å². The SMILES string of the molecule is C[C@H]1C[C@@H](c2ccc(C(F)(F)F)c3ncccc23)CN(C(=O)CN2CCOCC2)C1. The highest BCUT2D eigenvalue weighted by Gasteiger charge is 2.35. The van der Waals surface area contributed by atoms with E-state index in [0.717, 1.165) is 31.1 Å². The van der Waals surface area contributed by atoms with Crippen LogP contribution in [-0.4, -0.2) is 66.6 Å². The molecule has 4 rings (SSSR count). The zero-order chi connectivity index (χ0) is 21.3. The fraction of sp³-hybridized carbons (Fsp3) is 0.545. The summed E-state index contributed by atoms with van der Waals surface area (Å²) in [6.07, 6.45) is -2.23. The van der Waals surface area contributed by atoms with E-state index in [4.69, 9.17) is 4.74 Å². The van der Waals surface area contributed by atoms with Gasteiger partial charge in [0.25, 0.3) is 0 Å². The number of carbonyl (C=O) groups excluding carboxylic acids is 1. The highest BCUT2D eigenvalue weighted by Crippen LogP contribution is 2.39. The molecule has 2 aliphatic rings. The van der Waals surface area contributed by atoms with Crippen molar-refractivity contribution in [3.63, 3.8) is 0 Å². The Morgan fingerprint density at radius 1 is 1.20 bits per heavy atom. The van der Waals surface area contributed by atoms with Gasteiger partial charge in [-0.15, -0.1) is 0 Å². The average Bonchev–Trinajstić information content (AvgIpc) is 2.72. The van der Waals surface area contributed by atoms with Gasteiger partial charge >= 0.3 is 6.18 Å². The van der Waals surface area contributed by atoms with Crippen molar-refractivity contribution in [2.24, 2.45) is 5.92 Å². The summed E-state index contributed by atoms with van der Waals surface area (Å²) in [5, 5.41) is 0.520. The van der Waals surface area contributed by atoms with Crippen LogP contribution in [0.4, 0.5) is 13.2 Å². The Morgan fingerprint density at radius 3 is 2.70 bits per heavy atom. The van der Waals surface area contributed by atoms with Crippen LogP contribution in [0.5, 0.6) is 0 Å². The summed E-state index contributed by atoms with van der Waals surface area (Å²) in [7, 11) is 0. The largest absolute Gasteiger partial charge is 0.418 e. The van der Waals surface area contributed by atoms with E-state index in [-0.39, 0.29) is 23.3 Å². The van der Waals surface area contributed by atoms with Crippen LogP contribution in [0, 0.1) is 5.92 Å². The summed E-state index contributed by atoms with van der Waals surface area (Å²) in [5.41, 5.74) is 0.0969. The number of rotatable bonds is 3. The molecule has 0 unspecified atom stereocenters. The maximum absolute atomic E-state index is 13.4. The molecule has 162 valence electrons. The van der Waals surface area contributed by atoms with Crippen molar-refractivity contribution in [3.8, 4) is 0 Å². The van der Waals surface area contributed by atoms with Crippen molar-refractivity contribution in [2.45, 2.75) is 25.4 Å². The Labute approximate surface area is 173 Å². The summed E-state index contributed by atoms with van der Waals surface area (Å²) in [4.78, 5) is 20.9. The quantitative estimate of drug-likeness (QED) is 0.761. The molecule has 0 aliphatic carbocycles. The summed E-state index contributed by atoms with van der Waals surface area (Å²) in [6.45, 7) is 6.40. The molecule has 1 aromatic heterocycles. The number of likely N-dealkylation sites (tertiary alicyclic amines) is 1. The van der Waals surface area contributed by atoms with Gasteiger partial charge in [0.05, 0.1) is 30.8 Å². The summed E-state index contributed by atoms with van der Waals surface area (Å²) in [5.74, 6) is 0.325. The van der Waals surface area contributed by atoms with Crippen molar-refractivity contribution in [1.82, 2.24) is 14.8 Å². The Balaban J connectivity index is 1.59. The molecule has 2 aromatic rings. The fourth-order valence-corrected chi connectivity index (χ4v) is 4.61. The van der Waals surface area contributed by atoms with Gasteiger partial charge in [0, 0.05) is 43.7 Å². The number of piperidine rings is 1. The zero-order valence-corrected chi connectivity index (χ0v) is 17.0. The van der Waals surface area contributed by atoms with Crippen LogP contribution in [0.1, 0.15) is 30.4 Å². The van der Waals surface area contributed by atoms with Crippen molar-refractivity contribution >= 4 is 16.8 Å². The molecule has 3 heterocycles. The minimum Gasteiger partial charge on any atom is -0.379 e. The molecule has 0 N–H and O–H groups in total. The number of carbonyl (C=O) groups is 1. The minimum atomic E-state index is -4.45. The molecule has 0 saturated carbocycles. The molecule has 0 radical (unpaired) electrons. The number of pyridine rings is 1. The van der Waals surface area contributed by atoms with Gasteiger partial charge in [-0.1, -0.05) is 19.1 Å². The number of hydrogen-bond acceptors (Lipinski definition) is 4. The molecule has 2 aliphatic heterocycles. The Morgan fingerprint density at radius 2 is 1.97 bits per heavy atom. The van der Waals surface area contributed by atoms with Crippen molar-refractivity contribution in [3.05, 3.63) is 41.6 Å². The number of halogens is 3. The summed E-state index contributed by atoms with van der Waals surface area (Å²) >= 11 is 0. The number of morpholine rings is 1. The lowest BCUT2D eigenvalue weighted by Crippen LogP contribution is -2.48. The van der Waals surface area contributed by atoms with Crippen molar-refractivity contribution in [2.75, 3.05) is 45.9 Å². The molecule has 2 fully saturated rings. The van der Waals surface area contributed by atoms with Gasteiger partial charge in [-0.3, -0.25) is 14.7 Å². The topological polar surface area (TPSA) is 45.7 Å². The van der Waals surface area contributed by atoms with Crippen LogP contribution in [0.3, 0.4) is 0 Å². The highest BCUT2D eigenvalue weighted by atomic mass is 19.4. The van der Waals surface area contributed by atoms with E-state index in [0.29, 0.717) is 38.2 Å². The van der Waals surface area contributed by atoms with E-state index in [1.54, 1.807) is 18.2 Å². The second-order valence-corrected chi connectivity index (χ2v) is 8.32. The molecule has 1 amide bonds. The van der Waals surface area contributed by atoms with E-state index in [1.807, 2.05) is 4.90 Å². The molecular formula is C22H26F3N3O2. The van der Waals surface area contributed by atoms with Gasteiger partial charge in [0.2, 0.25) is 5.91 Å². The van der Waals surface area contributed by atoms with Gasteiger partial charge in [0.15, 0.2) is 0 Å². The lowest BCUT2D eigenvalue weighted by Gasteiger charge is -2.38. The normalized spacial score (nSPS) is 23.7. The lowest BCUT2D eigenvalue weighted by molar-refractivity contribution is -0.136. The van der Waals surface area contributed by atoms with Gasteiger partial charge in [-0.25, -0.2) is 0 Å². The Bertz CT molecular complexity index is 912. The number of aromatic nitrogens is 1. The first-order valence-corrected chi connectivity index (χ1v) is 10.4. The van der Waals surface area contributed by atoms with Crippen LogP contribution in [0.2, 0.25) is 0 Å². The number of alkyl halides is 3. The summed E-state index contributed by atoms with van der Waals surface area (Å²) in [6, 6.07) is 6.07. The second kappa shape index (κ2) is 8.51. The third kappa shape index (κ3) is 4.44. The molecular weight excluding hydrogens is 395 g/mol. The standard InChI is InChI=1S/C22H26F3N3O2/c1-15-11-16(13-28(12-15)20(29)14-27-7-9-30-10-8-27)17-4-5-19(22(23,24)25)21-18(17)3-2-6-26-21/h2-6,15-16H,7-14H2,1H3/t15-,16+/m0/s1. The predicted molar refractivity (Wildman–Crippen MR) is 107 cm³/mol. The zero-order valence-electron chi connectivity index (χ0n) is 17.0. The molecule has 2 atom stereocenters. The molecule has 0 spiro atoms. The maximum atomic E-state index is 13.4. The monoisotopic (exact) mass is 421 g/mol. The highest BCUT2D eigenvalue weighted by molar-refractivity contribution is 5.86. The van der Waals surface area contributed by atoms with Gasteiger partial charge in [-0.05, 0) is 30.0 Å². The number of amides is 1. The molecule has 2 saturated heterocycles. The van der Waals surface area contributed by atoms with Gasteiger partial charge in [0.1, 0.15) is 0 Å².